The van der Waals surface area contributed by atoms with Gasteiger partial charge in [-0.1, -0.05) is 43.2 Å². The minimum Gasteiger partial charge on any atom is -0.375 e. The van der Waals surface area contributed by atoms with Crippen molar-refractivity contribution in [3.63, 3.8) is 0 Å². The van der Waals surface area contributed by atoms with Crippen LogP contribution in [0.1, 0.15) is 64.9 Å². The first kappa shape index (κ1) is 53.7. The van der Waals surface area contributed by atoms with Gasteiger partial charge < -0.3 is 40.1 Å². The first-order valence-electron chi connectivity index (χ1n) is 22.1. The highest BCUT2D eigenvalue weighted by molar-refractivity contribution is 6.30. The topological polar surface area (TPSA) is 187 Å². The Labute approximate surface area is 395 Å². The lowest BCUT2D eigenvalue weighted by atomic mass is 9.64. The largest absolute Gasteiger partial charge is 0.403 e. The lowest BCUT2D eigenvalue weighted by Crippen LogP contribution is -2.65. The maximum atomic E-state index is 14.7. The van der Waals surface area contributed by atoms with Crippen LogP contribution in [0.15, 0.2) is 42.2 Å². The zero-order chi connectivity index (χ0) is 50.6. The highest BCUT2D eigenvalue weighted by atomic mass is 35.5. The number of carbonyl (C=O) groups is 6. The van der Waals surface area contributed by atoms with Gasteiger partial charge in [0.2, 0.25) is 35.8 Å². The maximum Gasteiger partial charge on any atom is 0.403 e. The smallest absolute Gasteiger partial charge is 0.375 e. The summed E-state index contributed by atoms with van der Waals surface area (Å²) in [7, 11) is 5.89. The van der Waals surface area contributed by atoms with Gasteiger partial charge >= 0.3 is 6.18 Å². The quantitative estimate of drug-likeness (QED) is 0.180. The second-order valence-electron chi connectivity index (χ2n) is 18.5. The minimum absolute atomic E-state index is 0.0113. The molecule has 376 valence electrons. The third kappa shape index (κ3) is 12.3. The van der Waals surface area contributed by atoms with E-state index >= 15 is 0 Å². The van der Waals surface area contributed by atoms with E-state index in [1.54, 1.807) is 76.2 Å². The van der Waals surface area contributed by atoms with Gasteiger partial charge in [0.15, 0.2) is 5.41 Å². The first-order chi connectivity index (χ1) is 31.7. The van der Waals surface area contributed by atoms with Crippen molar-refractivity contribution in [3.8, 4) is 11.1 Å². The Kier molecular flexibility index (Phi) is 17.1. The molecular weight excluding hydrogens is 930 g/mol. The Hall–Kier alpha value is -5.22. The number of nitrogens with zero attached hydrogens (tertiary/aromatic N) is 6. The molecule has 3 aliphatic rings. The van der Waals surface area contributed by atoms with Gasteiger partial charge in [0.05, 0.1) is 26.0 Å². The van der Waals surface area contributed by atoms with E-state index in [4.69, 9.17) is 16.3 Å². The van der Waals surface area contributed by atoms with E-state index in [9.17, 15) is 60.2 Å². The number of ether oxygens (including phenoxy) is 1. The van der Waals surface area contributed by atoms with E-state index < -0.39 is 115 Å². The number of aromatic nitrogens is 2. The van der Waals surface area contributed by atoms with Crippen LogP contribution in [0, 0.1) is 11.3 Å². The van der Waals surface area contributed by atoms with Crippen molar-refractivity contribution in [2.24, 2.45) is 18.4 Å². The standard InChI is InChI=1S/C45H59ClF6N8O8/c1-25(2)15-32-39(64)59(7)35(17-27-16-29(46)11-12-31(27)28-19-53-57(5)20-28)40(65)56(4)13-14-68-22-26(3)9-8-10-33(36(61)54-32)58(6)41(66)38(63)55-37(62)34-18-30(47)21-60(34)42(67)43(45(50,51)52)23-44(48,49)24-43/h9,11-12,16,19-20,25,30,32-35,38,63H,8,10,13-15,17-18,21-24H2,1-7H3,(H,54,61)(H,55,62)/b26-9+/t30-,32+,33+,34+,35+,38+/m1/s1. The molecule has 2 aliphatic heterocycles. The fourth-order valence-corrected chi connectivity index (χ4v) is 9.05. The van der Waals surface area contributed by atoms with Gasteiger partial charge in [0.25, 0.3) is 11.8 Å². The van der Waals surface area contributed by atoms with Crippen LogP contribution in [-0.2, 0) is 47.0 Å². The molecule has 16 nitrogen and oxygen atoms in total. The van der Waals surface area contributed by atoms with Crippen LogP contribution in [0.2, 0.25) is 5.02 Å². The summed E-state index contributed by atoms with van der Waals surface area (Å²) in [5, 5.41) is 20.3. The van der Waals surface area contributed by atoms with Gasteiger partial charge in [-0.15, -0.1) is 0 Å². The number of halogens is 7. The maximum absolute atomic E-state index is 14.7. The number of hydrogen-bond donors (Lipinski definition) is 3. The number of alkyl halides is 6. The molecule has 6 amide bonds. The van der Waals surface area contributed by atoms with Crippen LogP contribution in [0.25, 0.3) is 11.1 Å². The summed E-state index contributed by atoms with van der Waals surface area (Å²) in [4.78, 5) is 87.6. The molecule has 5 rings (SSSR count). The number of nitrogens with one attached hydrogen (secondary N) is 2. The third-order valence-corrected chi connectivity index (χ3v) is 12.9. The molecule has 0 bridgehead atoms. The summed E-state index contributed by atoms with van der Waals surface area (Å²) in [6.45, 7) is 4.73. The Bertz CT molecular complexity index is 2230. The van der Waals surface area contributed by atoms with E-state index in [2.05, 4.69) is 10.4 Å². The van der Waals surface area contributed by atoms with E-state index in [1.807, 2.05) is 5.32 Å². The Morgan fingerprint density at radius 2 is 1.78 bits per heavy atom. The van der Waals surface area contributed by atoms with E-state index in [0.717, 1.165) is 23.1 Å². The number of rotatable bonds is 10. The molecule has 23 heteroatoms. The van der Waals surface area contributed by atoms with Crippen molar-refractivity contribution in [2.45, 2.75) is 114 Å². The predicted octanol–water partition coefficient (Wildman–Crippen LogP) is 4.03. The summed E-state index contributed by atoms with van der Waals surface area (Å²) in [5.74, 6) is -10.7. The van der Waals surface area contributed by atoms with Crippen LogP contribution in [0.3, 0.4) is 0 Å². The number of aliphatic hydroxyl groups excluding tert-OH is 1. The zero-order valence-corrected chi connectivity index (χ0v) is 39.7. The van der Waals surface area contributed by atoms with Crippen molar-refractivity contribution < 1.29 is 65.0 Å². The van der Waals surface area contributed by atoms with Crippen LogP contribution in [0.5, 0.6) is 0 Å². The number of aliphatic hydroxyl groups is 1. The number of allylic oxidation sites excluding steroid dienone is 1. The molecule has 0 spiro atoms. The summed E-state index contributed by atoms with van der Waals surface area (Å²) < 4.78 is 92.0. The van der Waals surface area contributed by atoms with Crippen LogP contribution >= 0.6 is 11.6 Å². The summed E-state index contributed by atoms with van der Waals surface area (Å²) in [6.07, 6.45) is -9.38. The van der Waals surface area contributed by atoms with Crippen molar-refractivity contribution >= 4 is 47.0 Å². The molecule has 1 aromatic carbocycles. The number of hydrogen-bond acceptors (Lipinski definition) is 9. The second-order valence-corrected chi connectivity index (χ2v) is 18.9. The molecule has 1 aliphatic carbocycles. The summed E-state index contributed by atoms with van der Waals surface area (Å²) >= 11 is 6.48. The third-order valence-electron chi connectivity index (χ3n) is 12.6. The van der Waals surface area contributed by atoms with Gasteiger partial charge in [-0.2, -0.15) is 18.3 Å². The van der Waals surface area contributed by atoms with E-state index in [0.29, 0.717) is 16.1 Å². The molecule has 2 aromatic rings. The first-order valence-corrected chi connectivity index (χ1v) is 22.5. The lowest BCUT2D eigenvalue weighted by molar-refractivity contribution is -0.299. The van der Waals surface area contributed by atoms with Crippen molar-refractivity contribution in [2.75, 3.05) is 47.4 Å². The highest BCUT2D eigenvalue weighted by Gasteiger charge is 2.75. The molecule has 0 radical (unpaired) electrons. The van der Waals surface area contributed by atoms with Crippen LogP contribution < -0.4 is 10.6 Å². The molecule has 68 heavy (non-hydrogen) atoms. The van der Waals surface area contributed by atoms with Crippen LogP contribution in [-0.4, -0.2) is 166 Å². The van der Waals surface area contributed by atoms with Gasteiger partial charge in [0.1, 0.15) is 30.3 Å². The van der Waals surface area contributed by atoms with Crippen molar-refractivity contribution in [1.29, 1.82) is 0 Å². The molecule has 1 aromatic heterocycles. The summed E-state index contributed by atoms with van der Waals surface area (Å²) in [5.41, 5.74) is -0.779. The van der Waals surface area contributed by atoms with Gasteiger partial charge in [-0.3, -0.25) is 33.4 Å². The molecule has 3 heterocycles. The van der Waals surface area contributed by atoms with Crippen LogP contribution in [0.4, 0.5) is 26.3 Å². The normalized spacial score (nSPS) is 25.5. The average molecular weight is 989 g/mol. The summed E-state index contributed by atoms with van der Waals surface area (Å²) in [6, 6.07) is -0.708. The lowest BCUT2D eigenvalue weighted by Gasteiger charge is -2.48. The number of amides is 6. The molecule has 1 saturated carbocycles. The highest BCUT2D eigenvalue weighted by Crippen LogP contribution is 2.61. The predicted molar refractivity (Wildman–Crippen MR) is 235 cm³/mol. The number of carbonyl (C=O) groups excluding carboxylic acids is 6. The number of likely N-dealkylation sites (tertiary alicyclic amines) is 1. The van der Waals surface area contributed by atoms with E-state index in [1.165, 1.54) is 16.8 Å². The van der Waals surface area contributed by atoms with Gasteiger partial charge in [-0.25, -0.2) is 13.2 Å². The van der Waals surface area contributed by atoms with Crippen molar-refractivity contribution in [1.82, 2.24) is 40.0 Å². The SMILES string of the molecule is C/C1=C\CC[C@H](N(C)C(=O)[C@H](O)NC(=O)[C@@H]2C[C@@H](F)CN2C(=O)C2(C(F)(F)F)CC(F)(F)C2)C(=O)N[C@@H](CC(C)C)C(=O)N(C)[C@@H](Cc2cc(Cl)ccc2-c2cnn(C)c2)C(=O)N(C)CCOC1. The second kappa shape index (κ2) is 21.6. The Balaban J connectivity index is 1.41. The Morgan fingerprint density at radius 1 is 1.10 bits per heavy atom. The molecule has 0 unspecified atom stereocenters. The number of aryl methyl sites for hydroxylation is 1. The van der Waals surface area contributed by atoms with E-state index in [-0.39, 0.29) is 56.3 Å². The minimum atomic E-state index is -5.46. The van der Waals surface area contributed by atoms with Gasteiger partial charge in [0, 0.05) is 77.2 Å². The zero-order valence-electron chi connectivity index (χ0n) is 38.9. The fraction of sp³-hybridized carbons (Fsp3) is 0.622. The molecule has 6 atom stereocenters. The average Bonchev–Trinajstić information content (AvgIpc) is 3.86. The monoisotopic (exact) mass is 988 g/mol. The molecule has 2 fully saturated rings. The molecule has 1 saturated heterocycles. The van der Waals surface area contributed by atoms with Gasteiger partial charge in [-0.05, 0) is 55.4 Å². The van der Waals surface area contributed by atoms with Crippen molar-refractivity contribution in [3.05, 3.63) is 52.8 Å². The number of likely N-dealkylation sites (N-methyl/N-ethyl adjacent to an activating group) is 3. The Morgan fingerprint density at radius 3 is 2.38 bits per heavy atom. The molecular formula is C45H59ClF6N8O8. The molecule has 3 N–H and O–H groups in total. The number of benzene rings is 1. The fourth-order valence-electron chi connectivity index (χ4n) is 8.85.